The Labute approximate surface area is 164 Å². The van der Waals surface area contributed by atoms with Crippen LogP contribution >= 0.6 is 0 Å². The van der Waals surface area contributed by atoms with Crippen molar-refractivity contribution in [1.82, 2.24) is 10.2 Å². The van der Waals surface area contributed by atoms with Crippen LogP contribution in [0.4, 0.5) is 10.5 Å². The standard InChI is InChI=1S/C20H26N4O4/c1-20(2,3)28-19(27)24-10-8-15(9-11-24)22-13-14(12-21)18(26)23-16-6-4-5-7-17(16)25/h4-7,13,15,22,25H,8-11H2,1-3H3,(H,23,26)/b14-13-. The lowest BCUT2D eigenvalue weighted by molar-refractivity contribution is -0.112. The van der Waals surface area contributed by atoms with E-state index in [9.17, 15) is 20.0 Å². The highest BCUT2D eigenvalue weighted by atomic mass is 16.6. The van der Waals surface area contributed by atoms with Gasteiger partial charge in [-0.05, 0) is 45.7 Å². The summed E-state index contributed by atoms with van der Waals surface area (Å²) < 4.78 is 5.36. The molecule has 8 nitrogen and oxygen atoms in total. The molecule has 8 heteroatoms. The highest BCUT2D eigenvalue weighted by molar-refractivity contribution is 6.07. The molecule has 0 radical (unpaired) electrons. The number of carbonyl (C=O) groups is 2. The SMILES string of the molecule is CC(C)(C)OC(=O)N1CCC(N/C=C(/C#N)C(=O)Nc2ccccc2O)CC1. The fourth-order valence-electron chi connectivity index (χ4n) is 2.67. The van der Waals surface area contributed by atoms with Gasteiger partial charge in [-0.1, -0.05) is 12.1 Å². The topological polar surface area (TPSA) is 115 Å². The molecule has 0 aromatic heterocycles. The van der Waals surface area contributed by atoms with Crippen LogP contribution in [0.15, 0.2) is 36.0 Å². The number of nitrogens with one attached hydrogen (secondary N) is 2. The van der Waals surface area contributed by atoms with Crippen molar-refractivity contribution in [1.29, 1.82) is 5.26 Å². The third-order valence-electron chi connectivity index (χ3n) is 4.13. The molecule has 28 heavy (non-hydrogen) atoms. The Hall–Kier alpha value is -3.21. The molecular formula is C20H26N4O4. The molecule has 3 N–H and O–H groups in total. The quantitative estimate of drug-likeness (QED) is 0.416. The number of para-hydroxylation sites is 2. The zero-order chi connectivity index (χ0) is 20.7. The summed E-state index contributed by atoms with van der Waals surface area (Å²) >= 11 is 0. The van der Waals surface area contributed by atoms with Crippen LogP contribution in [0.2, 0.25) is 0 Å². The Bertz CT molecular complexity index is 784. The van der Waals surface area contributed by atoms with Crippen LogP contribution in [-0.4, -0.2) is 46.7 Å². The van der Waals surface area contributed by atoms with Gasteiger partial charge in [0, 0.05) is 25.3 Å². The molecule has 1 aromatic carbocycles. The monoisotopic (exact) mass is 386 g/mol. The molecule has 2 rings (SSSR count). The van der Waals surface area contributed by atoms with Crippen molar-refractivity contribution in [2.45, 2.75) is 45.3 Å². The molecule has 1 aliphatic rings. The molecule has 0 atom stereocenters. The van der Waals surface area contributed by atoms with Crippen molar-refractivity contribution in [3.8, 4) is 11.8 Å². The molecule has 2 amide bonds. The lowest BCUT2D eigenvalue weighted by Crippen LogP contribution is -2.45. The number of phenolic OH excluding ortho intramolecular Hbond substituents is 1. The summed E-state index contributed by atoms with van der Waals surface area (Å²) in [6, 6.07) is 8.19. The summed E-state index contributed by atoms with van der Waals surface area (Å²) in [5, 5.41) is 24.5. The number of rotatable bonds is 4. The Kier molecular flexibility index (Phi) is 6.88. The zero-order valence-electron chi connectivity index (χ0n) is 16.4. The van der Waals surface area contributed by atoms with E-state index < -0.39 is 11.5 Å². The van der Waals surface area contributed by atoms with Crippen molar-refractivity contribution in [2.24, 2.45) is 0 Å². The van der Waals surface area contributed by atoms with Crippen LogP contribution in [0.5, 0.6) is 5.75 Å². The summed E-state index contributed by atoms with van der Waals surface area (Å²) in [5.74, 6) is -0.682. The van der Waals surface area contributed by atoms with E-state index in [-0.39, 0.29) is 29.1 Å². The van der Waals surface area contributed by atoms with E-state index in [1.807, 2.05) is 26.8 Å². The van der Waals surface area contributed by atoms with E-state index in [0.717, 1.165) is 0 Å². The van der Waals surface area contributed by atoms with Gasteiger partial charge in [0.1, 0.15) is 23.0 Å². The van der Waals surface area contributed by atoms with Gasteiger partial charge in [-0.15, -0.1) is 0 Å². The third kappa shape index (κ3) is 6.20. The van der Waals surface area contributed by atoms with Gasteiger partial charge in [0.25, 0.3) is 5.91 Å². The largest absolute Gasteiger partial charge is 0.506 e. The Morgan fingerprint density at radius 1 is 1.29 bits per heavy atom. The normalized spacial score (nSPS) is 15.5. The first-order chi connectivity index (χ1) is 13.2. The number of hydrogen-bond donors (Lipinski definition) is 3. The molecule has 0 bridgehead atoms. The van der Waals surface area contributed by atoms with Gasteiger partial charge in [0.2, 0.25) is 0 Å². The number of carbonyl (C=O) groups excluding carboxylic acids is 2. The van der Waals surface area contributed by atoms with Crippen LogP contribution in [0.3, 0.4) is 0 Å². The van der Waals surface area contributed by atoms with Crippen LogP contribution in [0, 0.1) is 11.3 Å². The number of benzene rings is 1. The number of nitrogens with zero attached hydrogens (tertiary/aromatic N) is 2. The van der Waals surface area contributed by atoms with Crippen LogP contribution < -0.4 is 10.6 Å². The van der Waals surface area contributed by atoms with E-state index in [1.165, 1.54) is 12.3 Å². The molecule has 1 aliphatic heterocycles. The van der Waals surface area contributed by atoms with Gasteiger partial charge >= 0.3 is 6.09 Å². The number of amides is 2. The van der Waals surface area contributed by atoms with Crippen molar-refractivity contribution in [2.75, 3.05) is 18.4 Å². The number of phenols is 1. The molecule has 150 valence electrons. The summed E-state index contributed by atoms with van der Waals surface area (Å²) in [6.45, 7) is 6.55. The number of anilines is 1. The first-order valence-electron chi connectivity index (χ1n) is 9.13. The summed E-state index contributed by atoms with van der Waals surface area (Å²) in [5.41, 5.74) is -0.394. The highest BCUT2D eigenvalue weighted by Gasteiger charge is 2.26. The minimum atomic E-state index is -0.609. The second-order valence-electron chi connectivity index (χ2n) is 7.55. The molecule has 1 saturated heterocycles. The lowest BCUT2D eigenvalue weighted by Gasteiger charge is -2.33. The van der Waals surface area contributed by atoms with Crippen molar-refractivity contribution in [3.63, 3.8) is 0 Å². The Balaban J connectivity index is 1.87. The van der Waals surface area contributed by atoms with Gasteiger partial charge in [0.15, 0.2) is 0 Å². The maximum atomic E-state index is 12.2. The van der Waals surface area contributed by atoms with E-state index in [0.29, 0.717) is 25.9 Å². The van der Waals surface area contributed by atoms with E-state index in [2.05, 4.69) is 10.6 Å². The van der Waals surface area contributed by atoms with E-state index in [1.54, 1.807) is 23.1 Å². The molecule has 1 heterocycles. The number of ether oxygens (including phenoxy) is 1. The predicted octanol–water partition coefficient (Wildman–Crippen LogP) is 2.73. The number of nitriles is 1. The van der Waals surface area contributed by atoms with Crippen molar-refractivity contribution >= 4 is 17.7 Å². The Morgan fingerprint density at radius 3 is 2.50 bits per heavy atom. The van der Waals surface area contributed by atoms with E-state index in [4.69, 9.17) is 4.74 Å². The number of aromatic hydroxyl groups is 1. The summed E-state index contributed by atoms with van der Waals surface area (Å²) in [7, 11) is 0. The van der Waals surface area contributed by atoms with Crippen LogP contribution in [0.1, 0.15) is 33.6 Å². The maximum absolute atomic E-state index is 12.2. The molecule has 0 saturated carbocycles. The smallest absolute Gasteiger partial charge is 0.410 e. The van der Waals surface area contributed by atoms with Gasteiger partial charge in [-0.3, -0.25) is 4.79 Å². The second-order valence-corrected chi connectivity index (χ2v) is 7.55. The first-order valence-corrected chi connectivity index (χ1v) is 9.13. The average molecular weight is 386 g/mol. The summed E-state index contributed by atoms with van der Waals surface area (Å²) in [4.78, 5) is 26.0. The Morgan fingerprint density at radius 2 is 1.93 bits per heavy atom. The first kappa shape index (κ1) is 21.1. The van der Waals surface area contributed by atoms with E-state index >= 15 is 0 Å². The molecule has 1 fully saturated rings. The fraction of sp³-hybridized carbons (Fsp3) is 0.450. The number of piperidine rings is 1. The van der Waals surface area contributed by atoms with Crippen molar-refractivity contribution < 1.29 is 19.4 Å². The molecule has 0 aliphatic carbocycles. The second kappa shape index (κ2) is 9.13. The van der Waals surface area contributed by atoms with Crippen LogP contribution in [0.25, 0.3) is 0 Å². The van der Waals surface area contributed by atoms with Gasteiger partial charge in [-0.25, -0.2) is 4.79 Å². The fourth-order valence-corrected chi connectivity index (χ4v) is 2.67. The third-order valence-corrected chi connectivity index (χ3v) is 4.13. The van der Waals surface area contributed by atoms with Crippen LogP contribution in [-0.2, 0) is 9.53 Å². The van der Waals surface area contributed by atoms with Gasteiger partial charge in [-0.2, -0.15) is 5.26 Å². The number of likely N-dealkylation sites (tertiary alicyclic amines) is 1. The van der Waals surface area contributed by atoms with Gasteiger partial charge in [0.05, 0.1) is 5.69 Å². The minimum absolute atomic E-state index is 0.0416. The lowest BCUT2D eigenvalue weighted by atomic mass is 10.1. The number of hydrogen-bond acceptors (Lipinski definition) is 6. The zero-order valence-corrected chi connectivity index (χ0v) is 16.4. The molecule has 0 spiro atoms. The minimum Gasteiger partial charge on any atom is -0.506 e. The van der Waals surface area contributed by atoms with Crippen molar-refractivity contribution in [3.05, 3.63) is 36.0 Å². The molecule has 1 aromatic rings. The summed E-state index contributed by atoms with van der Waals surface area (Å²) in [6.07, 6.45) is 2.40. The predicted molar refractivity (Wildman–Crippen MR) is 104 cm³/mol. The maximum Gasteiger partial charge on any atom is 0.410 e. The molecule has 0 unspecified atom stereocenters. The average Bonchev–Trinajstić information content (AvgIpc) is 2.63. The molecular weight excluding hydrogens is 360 g/mol. The highest BCUT2D eigenvalue weighted by Crippen LogP contribution is 2.22. The van der Waals surface area contributed by atoms with Gasteiger partial charge < -0.3 is 25.4 Å².